The Morgan fingerprint density at radius 2 is 1.73 bits per heavy atom. The van der Waals surface area contributed by atoms with Crippen molar-refractivity contribution in [1.82, 2.24) is 5.32 Å². The molecule has 0 bridgehead atoms. The Morgan fingerprint density at radius 3 is 2.38 bits per heavy atom. The molecule has 1 aliphatic rings. The van der Waals surface area contributed by atoms with Crippen LogP contribution in [0.5, 0.6) is 0 Å². The van der Waals surface area contributed by atoms with Crippen LogP contribution in [0.3, 0.4) is 0 Å². The molecule has 0 spiro atoms. The monoisotopic (exact) mass is 659 g/mol. The number of esters is 1. The number of Topliss-reactive ketones (excluding diaryl/α,β-unsaturated/α-hetero) is 1. The number of aliphatic hydroxyl groups excluding tert-OH is 1. The van der Waals surface area contributed by atoms with Crippen molar-refractivity contribution in [3.63, 3.8) is 0 Å². The van der Waals surface area contributed by atoms with E-state index in [0.717, 1.165) is 23.1 Å². The summed E-state index contributed by atoms with van der Waals surface area (Å²) < 4.78 is 5.31. The molecular weight excluding hydrogens is 603 g/mol. The molecule has 7 atom stereocenters. The Labute approximate surface area is 280 Å². The fourth-order valence-corrected chi connectivity index (χ4v) is 7.36. The maximum absolute atomic E-state index is 13.2. The van der Waals surface area contributed by atoms with E-state index in [0.29, 0.717) is 18.9 Å². The molecular formula is C37H57NO5S2. The van der Waals surface area contributed by atoms with Crippen LogP contribution >= 0.6 is 21.6 Å². The van der Waals surface area contributed by atoms with Gasteiger partial charge in [0, 0.05) is 41.2 Å². The van der Waals surface area contributed by atoms with Gasteiger partial charge in [0.15, 0.2) is 0 Å². The number of nitrogens with one attached hydrogen (secondary N) is 1. The van der Waals surface area contributed by atoms with Crippen LogP contribution in [0.15, 0.2) is 71.4 Å². The molecule has 6 nitrogen and oxygen atoms in total. The second-order valence-corrected chi connectivity index (χ2v) is 16.4. The zero-order valence-corrected chi connectivity index (χ0v) is 30.9. The molecule has 7 unspecified atom stereocenters. The highest BCUT2D eigenvalue weighted by Crippen LogP contribution is 2.32. The summed E-state index contributed by atoms with van der Waals surface area (Å²) in [7, 11) is 3.40. The molecule has 0 aromatic heterocycles. The number of allylic oxidation sites excluding steroid dienone is 8. The van der Waals surface area contributed by atoms with Crippen molar-refractivity contribution in [2.75, 3.05) is 12.8 Å². The van der Waals surface area contributed by atoms with Crippen molar-refractivity contribution < 1.29 is 24.2 Å². The van der Waals surface area contributed by atoms with Gasteiger partial charge in [-0.05, 0) is 71.6 Å². The maximum Gasteiger partial charge on any atom is 0.331 e. The lowest BCUT2D eigenvalue weighted by Gasteiger charge is -2.26. The second-order valence-electron chi connectivity index (χ2n) is 13.3. The first-order valence-electron chi connectivity index (χ1n) is 15.9. The third-order valence-electron chi connectivity index (χ3n) is 7.82. The van der Waals surface area contributed by atoms with E-state index in [1.807, 2.05) is 78.2 Å². The van der Waals surface area contributed by atoms with Gasteiger partial charge in [-0.3, -0.25) is 9.59 Å². The first-order chi connectivity index (χ1) is 20.9. The molecule has 2 N–H and O–H groups in total. The average molecular weight is 660 g/mol. The average Bonchev–Trinajstić information content (AvgIpc) is 2.95. The fraction of sp³-hybridized carbons (Fsp3) is 0.595. The van der Waals surface area contributed by atoms with Gasteiger partial charge in [-0.1, -0.05) is 109 Å². The van der Waals surface area contributed by atoms with E-state index in [1.54, 1.807) is 34.6 Å². The van der Waals surface area contributed by atoms with Gasteiger partial charge in [-0.15, -0.1) is 0 Å². The Hall–Kier alpha value is -2.29. The van der Waals surface area contributed by atoms with E-state index < -0.39 is 12.0 Å². The van der Waals surface area contributed by atoms with Crippen molar-refractivity contribution in [2.45, 2.75) is 99.0 Å². The van der Waals surface area contributed by atoms with E-state index in [9.17, 15) is 19.5 Å². The highest BCUT2D eigenvalue weighted by Gasteiger charge is 2.29. The number of amides is 1. The van der Waals surface area contributed by atoms with Crippen LogP contribution in [0.2, 0.25) is 0 Å². The van der Waals surface area contributed by atoms with Crippen LogP contribution in [-0.4, -0.2) is 52.5 Å². The number of aliphatic hydroxyl groups is 1. The number of carbonyl (C=O) groups excluding carboxylic acids is 3. The maximum atomic E-state index is 13.2. The van der Waals surface area contributed by atoms with Crippen molar-refractivity contribution in [1.29, 1.82) is 0 Å². The second kappa shape index (κ2) is 20.1. The lowest BCUT2D eigenvalue weighted by Crippen LogP contribution is -2.35. The number of ketones is 1. The highest BCUT2D eigenvalue weighted by molar-refractivity contribution is 8.77. The number of cyclic esters (lactones) is 1. The van der Waals surface area contributed by atoms with Gasteiger partial charge in [-0.2, -0.15) is 0 Å². The third kappa shape index (κ3) is 16.2. The number of hydrogen-bond acceptors (Lipinski definition) is 7. The van der Waals surface area contributed by atoms with Crippen LogP contribution in [0.1, 0.15) is 82.1 Å². The van der Waals surface area contributed by atoms with E-state index in [-0.39, 0.29) is 46.3 Å². The molecule has 45 heavy (non-hydrogen) atoms. The van der Waals surface area contributed by atoms with E-state index in [4.69, 9.17) is 4.74 Å². The van der Waals surface area contributed by atoms with Crippen molar-refractivity contribution in [2.24, 2.45) is 29.6 Å². The molecule has 1 aliphatic heterocycles. The summed E-state index contributed by atoms with van der Waals surface area (Å²) in [6.07, 6.45) is 19.6. The van der Waals surface area contributed by atoms with Gasteiger partial charge in [0.25, 0.3) is 0 Å². The molecule has 252 valence electrons. The Kier molecular flexibility index (Phi) is 18.2. The van der Waals surface area contributed by atoms with Gasteiger partial charge in [0.2, 0.25) is 5.91 Å². The third-order valence-corrected chi connectivity index (χ3v) is 10.4. The summed E-state index contributed by atoms with van der Waals surface area (Å²) in [6, 6.07) is 0. The molecule has 0 radical (unpaired) electrons. The van der Waals surface area contributed by atoms with Gasteiger partial charge in [0.1, 0.15) is 11.9 Å². The van der Waals surface area contributed by atoms with E-state index in [2.05, 4.69) is 38.2 Å². The van der Waals surface area contributed by atoms with Gasteiger partial charge < -0.3 is 15.2 Å². The molecule has 1 heterocycles. The molecule has 0 aromatic rings. The van der Waals surface area contributed by atoms with Crippen molar-refractivity contribution >= 4 is 39.2 Å². The van der Waals surface area contributed by atoms with Crippen LogP contribution < -0.4 is 5.32 Å². The standard InChI is InChI=1S/C37H57NO5S2/c1-24(19-26(3)15-17-32-28(5)16-18-34(40)43-32)13-12-14-25(2)20-29(6)35(41)31(8)36(42)30(7)21-27(4)22-33(39)38-23-37(9,10)45-44-11/h12,14-20,22,24,28-32,36,42H,13,21,23H2,1-11H3,(H,38,39)/b14-12+,17-15+,25-20+,26-19-,27-22+. The molecule has 0 aliphatic carbocycles. The minimum atomic E-state index is -0.803. The Bertz CT molecular complexity index is 1180. The predicted octanol–water partition coefficient (Wildman–Crippen LogP) is 8.22. The largest absolute Gasteiger partial charge is 0.454 e. The number of carbonyl (C=O) groups is 3. The van der Waals surface area contributed by atoms with Gasteiger partial charge in [-0.25, -0.2) is 4.79 Å². The number of ether oxygens (including phenoxy) is 1. The molecule has 0 saturated carbocycles. The fourth-order valence-electron chi connectivity index (χ4n) is 5.25. The summed E-state index contributed by atoms with van der Waals surface area (Å²) in [6.45, 7) is 20.4. The summed E-state index contributed by atoms with van der Waals surface area (Å²) in [5.41, 5.74) is 2.99. The zero-order valence-electron chi connectivity index (χ0n) is 29.3. The first kappa shape index (κ1) is 40.7. The Balaban J connectivity index is 2.62. The number of rotatable bonds is 18. The van der Waals surface area contributed by atoms with Crippen LogP contribution in [0.25, 0.3) is 0 Å². The minimum Gasteiger partial charge on any atom is -0.454 e. The smallest absolute Gasteiger partial charge is 0.331 e. The van der Waals surface area contributed by atoms with Crippen LogP contribution in [-0.2, 0) is 19.1 Å². The van der Waals surface area contributed by atoms with Gasteiger partial charge in [0.05, 0.1) is 6.10 Å². The summed E-state index contributed by atoms with van der Waals surface area (Å²) >= 11 is 0. The quantitative estimate of drug-likeness (QED) is 0.0663. The van der Waals surface area contributed by atoms with Crippen molar-refractivity contribution in [3.8, 4) is 0 Å². The number of hydrogen-bond donors (Lipinski definition) is 2. The molecule has 0 fully saturated rings. The van der Waals surface area contributed by atoms with Crippen LogP contribution in [0.4, 0.5) is 0 Å². The lowest BCUT2D eigenvalue weighted by atomic mass is 9.83. The lowest BCUT2D eigenvalue weighted by molar-refractivity contribution is -0.143. The summed E-state index contributed by atoms with van der Waals surface area (Å²) in [5.74, 6) is -0.980. The Morgan fingerprint density at radius 1 is 1.09 bits per heavy atom. The molecule has 0 aromatic carbocycles. The molecule has 0 saturated heterocycles. The van der Waals surface area contributed by atoms with Crippen LogP contribution in [0, 0.1) is 29.6 Å². The minimum absolute atomic E-state index is 0.00201. The molecule has 1 amide bonds. The highest BCUT2D eigenvalue weighted by atomic mass is 33.1. The van der Waals surface area contributed by atoms with E-state index >= 15 is 0 Å². The molecule has 1 rings (SSSR count). The van der Waals surface area contributed by atoms with E-state index in [1.165, 1.54) is 6.08 Å². The predicted molar refractivity (Wildman–Crippen MR) is 193 cm³/mol. The summed E-state index contributed by atoms with van der Waals surface area (Å²) in [4.78, 5) is 37.1. The topological polar surface area (TPSA) is 92.7 Å². The summed E-state index contributed by atoms with van der Waals surface area (Å²) in [5, 5.41) is 13.9. The molecule has 8 heteroatoms. The van der Waals surface area contributed by atoms with Crippen molar-refractivity contribution in [3.05, 3.63) is 71.4 Å². The zero-order chi connectivity index (χ0) is 34.3. The first-order valence-corrected chi connectivity index (χ1v) is 18.5. The normalized spacial score (nSPS) is 21.9. The SMILES string of the molecule is CSSC(C)(C)CNC(=O)/C=C(\C)CC(C)C(O)C(C)C(=O)C(C)/C=C(C)/C=C/CC(C)/C=C(C)\C=C\C1OC(=O)C=CC1C. The van der Waals surface area contributed by atoms with Gasteiger partial charge >= 0.3 is 5.97 Å².